The molecule has 0 aliphatic heterocycles. The van der Waals surface area contributed by atoms with Crippen molar-refractivity contribution >= 4 is 18.1 Å². The lowest BCUT2D eigenvalue weighted by Gasteiger charge is -2.57. The number of ketones is 1. The first-order chi connectivity index (χ1) is 19.8. The molecule has 0 amide bonds. The van der Waals surface area contributed by atoms with E-state index in [0.717, 1.165) is 31.3 Å². The van der Waals surface area contributed by atoms with Crippen LogP contribution < -0.4 is 0 Å². The van der Waals surface area contributed by atoms with E-state index in [9.17, 15) is 14.4 Å². The van der Waals surface area contributed by atoms with Crippen LogP contribution in [-0.2, 0) is 33.2 Å². The number of methoxy groups -OCH3 is 3. The normalized spacial score (nSPS) is 34.7. The highest BCUT2D eigenvalue weighted by Crippen LogP contribution is 2.66. The summed E-state index contributed by atoms with van der Waals surface area (Å²) in [7, 11) is 4.13. The van der Waals surface area contributed by atoms with Gasteiger partial charge in [-0.05, 0) is 74.7 Å². The van der Waals surface area contributed by atoms with Crippen molar-refractivity contribution in [2.45, 2.75) is 91.0 Å². The minimum atomic E-state index is -0.942. The van der Waals surface area contributed by atoms with Crippen LogP contribution in [0.25, 0.3) is 0 Å². The van der Waals surface area contributed by atoms with E-state index in [-0.39, 0.29) is 29.8 Å². The molecule has 0 spiro atoms. The van der Waals surface area contributed by atoms with Crippen molar-refractivity contribution in [3.05, 3.63) is 35.5 Å². The van der Waals surface area contributed by atoms with E-state index >= 15 is 0 Å². The third-order valence-electron chi connectivity index (χ3n) is 10.8. The summed E-state index contributed by atoms with van der Waals surface area (Å²) in [5, 5.41) is 0. The molecule has 0 bridgehead atoms. The lowest BCUT2D eigenvalue weighted by molar-refractivity contribution is -0.150. The fraction of sp³-hybridized carbons (Fsp3) is 0.727. The van der Waals surface area contributed by atoms with Gasteiger partial charge in [-0.1, -0.05) is 50.1 Å². The zero-order valence-electron chi connectivity index (χ0n) is 26.4. The molecule has 8 atom stereocenters. The topological polar surface area (TPSA) is 107 Å². The van der Waals surface area contributed by atoms with Crippen LogP contribution >= 0.6 is 0 Å². The molecule has 4 aliphatic carbocycles. The highest BCUT2D eigenvalue weighted by Gasteiger charge is 2.60. The van der Waals surface area contributed by atoms with Gasteiger partial charge in [0.15, 0.2) is 5.78 Å². The second-order valence-corrected chi connectivity index (χ2v) is 13.3. The van der Waals surface area contributed by atoms with Gasteiger partial charge in [-0.3, -0.25) is 4.79 Å². The summed E-state index contributed by atoms with van der Waals surface area (Å²) in [4.78, 5) is 37.1. The molecule has 0 radical (unpaired) electrons. The first-order valence-electron chi connectivity index (χ1n) is 15.1. The molecule has 0 aromatic heterocycles. The number of ether oxygens (including phenoxy) is 6. The zero-order chi connectivity index (χ0) is 30.9. The Bertz CT molecular complexity index is 1140. The fourth-order valence-electron chi connectivity index (χ4n) is 8.37. The summed E-state index contributed by atoms with van der Waals surface area (Å²) in [5.41, 5.74) is 1.26. The van der Waals surface area contributed by atoms with E-state index in [2.05, 4.69) is 39.0 Å². The van der Waals surface area contributed by atoms with Gasteiger partial charge >= 0.3 is 12.3 Å². The van der Waals surface area contributed by atoms with Gasteiger partial charge < -0.3 is 28.4 Å². The number of rotatable bonds is 9. The lowest BCUT2D eigenvalue weighted by atomic mass is 9.49. The predicted octanol–water partition coefficient (Wildman–Crippen LogP) is 6.56. The van der Waals surface area contributed by atoms with Gasteiger partial charge in [0.2, 0.25) is 0 Å². The standard InChI is InChI=1S/C33H48O9/c1-20(9-14-27(34)31(2,3)40-19-37-6)24-12-13-25-23-11-10-21-17-22(41-29(35)38-7)18-28(42-30(36)39-8)33(21,5)26(23)15-16-32(24,25)4/h9-11,14,20,22,24-26,28H,12-13,15-19H2,1-8H3/b14-9-/t20-,22+,24+,25-,26-,28-,32+,33-/m0/s1. The minimum absolute atomic E-state index is 0.0698. The van der Waals surface area contributed by atoms with Gasteiger partial charge in [0.1, 0.15) is 24.6 Å². The van der Waals surface area contributed by atoms with E-state index in [4.69, 9.17) is 28.4 Å². The third kappa shape index (κ3) is 5.91. The maximum atomic E-state index is 12.9. The van der Waals surface area contributed by atoms with Crippen LogP contribution in [0.2, 0.25) is 0 Å². The Hall–Kier alpha value is -2.65. The second-order valence-electron chi connectivity index (χ2n) is 13.3. The van der Waals surface area contributed by atoms with Crippen molar-refractivity contribution in [3.63, 3.8) is 0 Å². The van der Waals surface area contributed by atoms with E-state index in [1.54, 1.807) is 27.0 Å². The Balaban J connectivity index is 1.57. The minimum Gasteiger partial charge on any atom is -0.438 e. The monoisotopic (exact) mass is 588 g/mol. The van der Waals surface area contributed by atoms with Crippen molar-refractivity contribution in [3.8, 4) is 0 Å². The van der Waals surface area contributed by atoms with Gasteiger partial charge in [-0.25, -0.2) is 9.59 Å². The van der Waals surface area contributed by atoms with Crippen LogP contribution in [-0.4, -0.2) is 64.0 Å². The molecule has 0 saturated heterocycles. The van der Waals surface area contributed by atoms with Crippen LogP contribution in [0.15, 0.2) is 35.5 Å². The molecule has 234 valence electrons. The molecule has 4 rings (SSSR count). The molecule has 0 aromatic carbocycles. The molecule has 9 nitrogen and oxygen atoms in total. The number of hydrogen-bond acceptors (Lipinski definition) is 9. The molecule has 3 saturated carbocycles. The second kappa shape index (κ2) is 12.5. The van der Waals surface area contributed by atoms with Crippen molar-refractivity contribution in [1.82, 2.24) is 0 Å². The quantitative estimate of drug-likeness (QED) is 0.168. The van der Waals surface area contributed by atoms with Crippen molar-refractivity contribution in [2.24, 2.45) is 34.5 Å². The number of fused-ring (bicyclic) bond motifs is 5. The Labute approximate surface area is 249 Å². The Morgan fingerprint density at radius 3 is 2.36 bits per heavy atom. The van der Waals surface area contributed by atoms with Crippen molar-refractivity contribution < 1.29 is 42.8 Å². The summed E-state index contributed by atoms with van der Waals surface area (Å²) in [5.74, 6) is 1.19. The van der Waals surface area contributed by atoms with Crippen LogP contribution in [0.3, 0.4) is 0 Å². The van der Waals surface area contributed by atoms with Crippen LogP contribution in [0.1, 0.15) is 73.1 Å². The first-order valence-corrected chi connectivity index (χ1v) is 15.1. The lowest BCUT2D eigenvalue weighted by Crippen LogP contribution is -2.54. The smallest absolute Gasteiger partial charge is 0.438 e. The summed E-state index contributed by atoms with van der Waals surface area (Å²) in [6, 6.07) is 0. The summed E-state index contributed by atoms with van der Waals surface area (Å²) in [6.45, 7) is 10.4. The molecule has 9 heteroatoms. The largest absolute Gasteiger partial charge is 0.508 e. The number of carbonyl (C=O) groups is 3. The van der Waals surface area contributed by atoms with Crippen LogP contribution in [0.5, 0.6) is 0 Å². The third-order valence-corrected chi connectivity index (χ3v) is 10.8. The SMILES string of the molecule is COCOC(C)(C)C(=O)/C=C\[C@H](C)[C@H]1CC[C@H]2C3=CC=C4C[C@@H](OC(=O)OC)C[C@H](OC(=O)OC)[C@]4(C)[C@H]3CC[C@]12C. The first kappa shape index (κ1) is 32.3. The summed E-state index contributed by atoms with van der Waals surface area (Å²) in [6.07, 6.45) is 10.8. The van der Waals surface area contributed by atoms with E-state index in [1.165, 1.54) is 19.8 Å². The van der Waals surface area contributed by atoms with Gasteiger partial charge in [-0.15, -0.1) is 0 Å². The van der Waals surface area contributed by atoms with Gasteiger partial charge in [0.25, 0.3) is 0 Å². The zero-order valence-corrected chi connectivity index (χ0v) is 26.4. The van der Waals surface area contributed by atoms with Gasteiger partial charge in [-0.2, -0.15) is 0 Å². The predicted molar refractivity (Wildman–Crippen MR) is 155 cm³/mol. The highest BCUT2D eigenvalue weighted by molar-refractivity contribution is 5.96. The maximum absolute atomic E-state index is 12.9. The van der Waals surface area contributed by atoms with Crippen LogP contribution in [0.4, 0.5) is 9.59 Å². The summed E-state index contributed by atoms with van der Waals surface area (Å²) < 4.78 is 31.6. The number of carbonyl (C=O) groups excluding carboxylic acids is 3. The highest BCUT2D eigenvalue weighted by atomic mass is 16.7. The van der Waals surface area contributed by atoms with Crippen molar-refractivity contribution in [2.75, 3.05) is 28.1 Å². The molecule has 0 N–H and O–H groups in total. The van der Waals surface area contributed by atoms with Crippen LogP contribution in [0, 0.1) is 34.5 Å². The average Bonchev–Trinajstić information content (AvgIpc) is 3.32. The van der Waals surface area contributed by atoms with E-state index in [0.29, 0.717) is 24.7 Å². The molecule has 0 unspecified atom stereocenters. The average molecular weight is 589 g/mol. The van der Waals surface area contributed by atoms with Gasteiger partial charge in [0.05, 0.1) is 14.2 Å². The molecule has 4 aliphatic rings. The fourth-order valence-corrected chi connectivity index (χ4v) is 8.37. The Morgan fingerprint density at radius 2 is 1.69 bits per heavy atom. The number of hydrogen-bond donors (Lipinski definition) is 0. The van der Waals surface area contributed by atoms with Crippen molar-refractivity contribution in [1.29, 1.82) is 0 Å². The molecule has 3 fully saturated rings. The molecule has 42 heavy (non-hydrogen) atoms. The molecular formula is C33H48O9. The number of allylic oxidation sites excluding steroid dienone is 4. The van der Waals surface area contributed by atoms with E-state index < -0.39 is 35.5 Å². The van der Waals surface area contributed by atoms with Gasteiger partial charge in [0, 0.05) is 25.4 Å². The molecular weight excluding hydrogens is 540 g/mol. The Morgan fingerprint density at radius 1 is 1.00 bits per heavy atom. The Kier molecular flexibility index (Phi) is 9.62. The summed E-state index contributed by atoms with van der Waals surface area (Å²) >= 11 is 0. The molecule has 0 aromatic rings. The van der Waals surface area contributed by atoms with E-state index in [1.807, 2.05) is 0 Å². The maximum Gasteiger partial charge on any atom is 0.508 e. The molecule has 0 heterocycles.